The molecule has 2 heterocycles. The number of aromatic nitrogens is 4. The topological polar surface area (TPSA) is 96.0 Å². The van der Waals surface area contributed by atoms with Gasteiger partial charge < -0.3 is 5.32 Å². The molecule has 0 aliphatic heterocycles. The molecule has 7 nitrogen and oxygen atoms in total. The number of carbonyl (C=O) groups excluding carboxylic acids is 1. The maximum atomic E-state index is 12.0. The maximum Gasteiger partial charge on any atom is 0.251 e. The third kappa shape index (κ3) is 2.34. The smallest absolute Gasteiger partial charge is 0.251 e. The highest BCUT2D eigenvalue weighted by molar-refractivity contribution is 7.16. The minimum absolute atomic E-state index is 0.243. The van der Waals surface area contributed by atoms with Gasteiger partial charge in [-0.1, -0.05) is 17.4 Å². The molecule has 0 aliphatic carbocycles. The molecule has 1 aromatic carbocycles. The summed E-state index contributed by atoms with van der Waals surface area (Å²) in [6.45, 7) is 0.309. The van der Waals surface area contributed by atoms with Crippen LogP contribution < -0.4 is 5.32 Å². The first kappa shape index (κ1) is 12.3. The van der Waals surface area contributed by atoms with E-state index in [0.29, 0.717) is 22.6 Å². The van der Waals surface area contributed by atoms with Crippen LogP contribution in [0.2, 0.25) is 0 Å². The van der Waals surface area contributed by atoms with Gasteiger partial charge in [-0.15, -0.1) is 10.2 Å². The van der Waals surface area contributed by atoms with Gasteiger partial charge in [-0.2, -0.15) is 14.9 Å². The Morgan fingerprint density at radius 2 is 2.40 bits per heavy atom. The van der Waals surface area contributed by atoms with Crippen molar-refractivity contribution in [3.8, 4) is 6.07 Å². The monoisotopic (exact) mass is 284 g/mol. The molecule has 8 heteroatoms. The van der Waals surface area contributed by atoms with Gasteiger partial charge >= 0.3 is 0 Å². The highest BCUT2D eigenvalue weighted by Gasteiger charge is 2.09. The number of fused-ring (bicyclic) bond motifs is 1. The van der Waals surface area contributed by atoms with Gasteiger partial charge in [-0.05, 0) is 18.2 Å². The van der Waals surface area contributed by atoms with E-state index in [1.807, 2.05) is 6.07 Å². The zero-order valence-electron chi connectivity index (χ0n) is 10.1. The first-order chi connectivity index (χ1) is 9.76. The van der Waals surface area contributed by atoms with E-state index < -0.39 is 0 Å². The van der Waals surface area contributed by atoms with Crippen molar-refractivity contribution >= 4 is 22.2 Å². The lowest BCUT2D eigenvalue weighted by molar-refractivity contribution is 0.0950. The van der Waals surface area contributed by atoms with Crippen LogP contribution in [0.15, 0.2) is 30.6 Å². The van der Waals surface area contributed by atoms with Gasteiger partial charge in [-0.3, -0.25) is 4.79 Å². The molecule has 1 N–H and O–H groups in total. The van der Waals surface area contributed by atoms with Crippen molar-refractivity contribution in [2.75, 3.05) is 0 Å². The lowest BCUT2D eigenvalue weighted by atomic mass is 10.1. The SMILES string of the molecule is N#Cc1cccc(C(=O)NCc2nn3cnnc3s2)c1. The summed E-state index contributed by atoms with van der Waals surface area (Å²) in [4.78, 5) is 12.6. The minimum Gasteiger partial charge on any atom is -0.345 e. The number of rotatable bonds is 3. The number of nitriles is 1. The average Bonchev–Trinajstić information content (AvgIpc) is 3.05. The van der Waals surface area contributed by atoms with Crippen LogP contribution in [0.1, 0.15) is 20.9 Å². The molecule has 0 unspecified atom stereocenters. The van der Waals surface area contributed by atoms with Gasteiger partial charge in [0.05, 0.1) is 18.2 Å². The van der Waals surface area contributed by atoms with Gasteiger partial charge in [0, 0.05) is 5.56 Å². The van der Waals surface area contributed by atoms with E-state index in [9.17, 15) is 4.79 Å². The molecule has 0 saturated heterocycles. The normalized spacial score (nSPS) is 10.3. The first-order valence-corrected chi connectivity index (χ1v) is 6.52. The Morgan fingerprint density at radius 1 is 1.50 bits per heavy atom. The minimum atomic E-state index is -0.243. The lowest BCUT2D eigenvalue weighted by Crippen LogP contribution is -2.22. The lowest BCUT2D eigenvalue weighted by Gasteiger charge is -2.02. The Bertz CT molecular complexity index is 786. The van der Waals surface area contributed by atoms with Crippen LogP contribution in [-0.4, -0.2) is 25.7 Å². The van der Waals surface area contributed by atoms with Crippen LogP contribution in [0, 0.1) is 11.3 Å². The third-order valence-electron chi connectivity index (χ3n) is 2.58. The Balaban J connectivity index is 1.70. The summed E-state index contributed by atoms with van der Waals surface area (Å²) in [6.07, 6.45) is 1.51. The molecule has 0 aliphatic rings. The number of nitrogens with one attached hydrogen (secondary N) is 1. The van der Waals surface area contributed by atoms with Crippen molar-refractivity contribution in [1.29, 1.82) is 5.26 Å². The Kier molecular flexibility index (Phi) is 3.10. The first-order valence-electron chi connectivity index (χ1n) is 5.70. The van der Waals surface area contributed by atoms with E-state index in [-0.39, 0.29) is 5.91 Å². The molecular formula is C12H8N6OS. The Morgan fingerprint density at radius 3 is 3.20 bits per heavy atom. The molecule has 98 valence electrons. The molecule has 3 aromatic rings. The number of amides is 1. The van der Waals surface area contributed by atoms with Crippen LogP contribution in [0.3, 0.4) is 0 Å². The largest absolute Gasteiger partial charge is 0.345 e. The van der Waals surface area contributed by atoms with Crippen LogP contribution in [0.4, 0.5) is 0 Å². The summed E-state index contributed by atoms with van der Waals surface area (Å²) in [5, 5.41) is 24.1. The van der Waals surface area contributed by atoms with Gasteiger partial charge in [0.15, 0.2) is 0 Å². The fourth-order valence-corrected chi connectivity index (χ4v) is 2.41. The number of hydrogen-bond acceptors (Lipinski definition) is 6. The van der Waals surface area contributed by atoms with Crippen molar-refractivity contribution in [1.82, 2.24) is 25.1 Å². The van der Waals surface area contributed by atoms with Gasteiger partial charge in [-0.25, -0.2) is 0 Å². The van der Waals surface area contributed by atoms with E-state index in [1.165, 1.54) is 17.7 Å². The van der Waals surface area contributed by atoms with E-state index >= 15 is 0 Å². The van der Waals surface area contributed by atoms with Crippen LogP contribution in [0.25, 0.3) is 4.96 Å². The second-order valence-corrected chi connectivity index (χ2v) is 4.97. The molecule has 0 spiro atoms. The van der Waals surface area contributed by atoms with Gasteiger partial charge in [0.25, 0.3) is 5.91 Å². The van der Waals surface area contributed by atoms with E-state index in [4.69, 9.17) is 5.26 Å². The quantitative estimate of drug-likeness (QED) is 0.773. The maximum absolute atomic E-state index is 12.0. The zero-order valence-corrected chi connectivity index (χ0v) is 11.0. The standard InChI is InChI=1S/C12H8N6OS/c13-5-8-2-1-3-9(4-8)11(19)14-6-10-17-18-7-15-16-12(18)20-10/h1-4,7H,6H2,(H,14,19). The van der Waals surface area contributed by atoms with Crippen LogP contribution in [0.5, 0.6) is 0 Å². The summed E-state index contributed by atoms with van der Waals surface area (Å²) in [6, 6.07) is 8.54. The third-order valence-corrected chi connectivity index (χ3v) is 3.50. The van der Waals surface area contributed by atoms with Crippen LogP contribution >= 0.6 is 11.3 Å². The number of benzene rings is 1. The zero-order chi connectivity index (χ0) is 13.9. The number of nitrogens with zero attached hydrogens (tertiary/aromatic N) is 5. The van der Waals surface area contributed by atoms with Crippen molar-refractivity contribution < 1.29 is 4.79 Å². The second kappa shape index (κ2) is 5.07. The summed E-state index contributed by atoms with van der Waals surface area (Å²) >= 11 is 1.36. The predicted octanol–water partition coefficient (Wildman–Crippen LogP) is 0.987. The van der Waals surface area contributed by atoms with E-state index in [0.717, 1.165) is 5.01 Å². The Labute approximate surface area is 117 Å². The molecule has 0 atom stereocenters. The highest BCUT2D eigenvalue weighted by Crippen LogP contribution is 2.11. The van der Waals surface area contributed by atoms with Crippen LogP contribution in [-0.2, 0) is 6.54 Å². The molecular weight excluding hydrogens is 276 g/mol. The Hall–Kier alpha value is -2.79. The summed E-state index contributed by atoms with van der Waals surface area (Å²) in [7, 11) is 0. The van der Waals surface area contributed by atoms with Crippen molar-refractivity contribution in [2.45, 2.75) is 6.54 Å². The molecule has 0 radical (unpaired) electrons. The molecule has 2 aromatic heterocycles. The number of carbonyl (C=O) groups is 1. The highest BCUT2D eigenvalue weighted by atomic mass is 32.1. The van der Waals surface area contributed by atoms with Gasteiger partial charge in [0.1, 0.15) is 11.3 Å². The van der Waals surface area contributed by atoms with Crippen molar-refractivity contribution in [2.24, 2.45) is 0 Å². The molecule has 3 rings (SSSR count). The predicted molar refractivity (Wildman–Crippen MR) is 71.0 cm³/mol. The molecule has 0 bridgehead atoms. The summed E-state index contributed by atoms with van der Waals surface area (Å²) in [5.74, 6) is -0.243. The molecule has 1 amide bonds. The average molecular weight is 284 g/mol. The molecule has 0 fully saturated rings. The van der Waals surface area contributed by atoms with Crippen molar-refractivity contribution in [3.63, 3.8) is 0 Å². The molecule has 0 saturated carbocycles. The molecule has 20 heavy (non-hydrogen) atoms. The van der Waals surface area contributed by atoms with E-state index in [1.54, 1.807) is 28.8 Å². The summed E-state index contributed by atoms with van der Waals surface area (Å²) < 4.78 is 1.56. The van der Waals surface area contributed by atoms with E-state index in [2.05, 4.69) is 20.6 Å². The fraction of sp³-hybridized carbons (Fsp3) is 0.0833. The van der Waals surface area contributed by atoms with Gasteiger partial charge in [0.2, 0.25) is 4.96 Å². The van der Waals surface area contributed by atoms with Crippen molar-refractivity contribution in [3.05, 3.63) is 46.7 Å². The second-order valence-electron chi connectivity index (χ2n) is 3.93. The fourth-order valence-electron chi connectivity index (χ4n) is 1.66. The number of hydrogen-bond donors (Lipinski definition) is 1. The summed E-state index contributed by atoms with van der Waals surface area (Å²) in [5.41, 5.74) is 0.906.